The van der Waals surface area contributed by atoms with Gasteiger partial charge in [0.25, 0.3) is 0 Å². The Morgan fingerprint density at radius 3 is 2.08 bits per heavy atom. The predicted molar refractivity (Wildman–Crippen MR) is 157 cm³/mol. The van der Waals surface area contributed by atoms with Gasteiger partial charge in [-0.3, -0.25) is 4.98 Å². The van der Waals surface area contributed by atoms with E-state index in [-0.39, 0.29) is 25.9 Å². The van der Waals surface area contributed by atoms with E-state index in [4.69, 9.17) is 18.9 Å². The van der Waals surface area contributed by atoms with Crippen LogP contribution in [0, 0.1) is 5.92 Å². The highest BCUT2D eigenvalue weighted by Gasteiger charge is 2.30. The average Bonchev–Trinajstić information content (AvgIpc) is 3.42. The van der Waals surface area contributed by atoms with Crippen LogP contribution >= 0.6 is 0 Å². The summed E-state index contributed by atoms with van der Waals surface area (Å²) < 4.78 is 22.1. The minimum Gasteiger partial charge on any atom is -0.449 e. The highest BCUT2D eigenvalue weighted by atomic mass is 16.6. The van der Waals surface area contributed by atoms with Gasteiger partial charge in [0.1, 0.15) is 6.61 Å². The van der Waals surface area contributed by atoms with Crippen molar-refractivity contribution in [3.8, 4) is 0 Å². The summed E-state index contributed by atoms with van der Waals surface area (Å²) in [5.74, 6) is 0.296. The minimum absolute atomic E-state index is 0.0141. The zero-order valence-electron chi connectivity index (χ0n) is 25.2. The third-order valence-corrected chi connectivity index (χ3v) is 7.31. The Labute approximate surface area is 242 Å². The van der Waals surface area contributed by atoms with Crippen LogP contribution in [0.1, 0.15) is 116 Å². The molecule has 228 valence electrons. The molecule has 0 aliphatic carbocycles. The molecule has 0 N–H and O–H groups in total. The highest BCUT2D eigenvalue weighted by molar-refractivity contribution is 5.87. The Balaban J connectivity index is 1.46. The van der Waals surface area contributed by atoms with Gasteiger partial charge in [-0.2, -0.15) is 0 Å². The summed E-state index contributed by atoms with van der Waals surface area (Å²) in [5, 5.41) is 0. The molecule has 8 nitrogen and oxygen atoms in total. The van der Waals surface area contributed by atoms with Crippen LogP contribution in [0.15, 0.2) is 24.4 Å². The van der Waals surface area contributed by atoms with E-state index in [1.54, 1.807) is 31.3 Å². The monoisotopic (exact) mass is 562 g/mol. The molecule has 8 heteroatoms. The molecule has 40 heavy (non-hydrogen) atoms. The summed E-state index contributed by atoms with van der Waals surface area (Å²) in [5.41, 5.74) is 0.570. The maximum atomic E-state index is 12.6. The number of pyridine rings is 1. The largest absolute Gasteiger partial charge is 0.449 e. The van der Waals surface area contributed by atoms with E-state index in [1.165, 1.54) is 83.5 Å². The van der Waals surface area contributed by atoms with Gasteiger partial charge in [-0.25, -0.2) is 14.5 Å². The Kier molecular flexibility index (Phi) is 19.1. The molecule has 1 aromatic rings. The molecule has 2 amide bonds. The SMILES string of the molecule is CCCCCCCCCCCCCCCCOC[C@H]1CO[C@H](COC(=O)N(Cc2ccccn2)C(=O)OCC)C1. The molecule has 0 radical (unpaired) electrons. The van der Waals surface area contributed by atoms with E-state index in [0.717, 1.165) is 24.3 Å². The number of ether oxygens (including phenoxy) is 4. The fourth-order valence-corrected chi connectivity index (χ4v) is 4.96. The van der Waals surface area contributed by atoms with E-state index in [1.807, 2.05) is 0 Å². The summed E-state index contributed by atoms with van der Waals surface area (Å²) in [7, 11) is 0. The number of carbonyl (C=O) groups excluding carboxylic acids is 2. The van der Waals surface area contributed by atoms with Crippen LogP contribution < -0.4 is 0 Å². The quantitative estimate of drug-likeness (QED) is 0.132. The number of nitrogens with zero attached hydrogens (tertiary/aromatic N) is 2. The van der Waals surface area contributed by atoms with Gasteiger partial charge in [-0.05, 0) is 31.9 Å². The summed E-state index contributed by atoms with van der Waals surface area (Å²) in [6.45, 7) is 6.25. The van der Waals surface area contributed by atoms with Crippen molar-refractivity contribution >= 4 is 12.2 Å². The Hall–Kier alpha value is -2.19. The molecule has 1 saturated heterocycles. The van der Waals surface area contributed by atoms with Crippen LogP contribution in [0.25, 0.3) is 0 Å². The minimum atomic E-state index is -0.759. The maximum absolute atomic E-state index is 12.6. The van der Waals surface area contributed by atoms with Gasteiger partial charge in [0.2, 0.25) is 0 Å². The molecule has 2 atom stereocenters. The number of imide groups is 1. The molecule has 1 aromatic heterocycles. The zero-order valence-corrected chi connectivity index (χ0v) is 25.2. The van der Waals surface area contributed by atoms with E-state index < -0.39 is 12.2 Å². The van der Waals surface area contributed by atoms with Crippen LogP contribution in [0.3, 0.4) is 0 Å². The normalized spacial score (nSPS) is 16.6. The topological polar surface area (TPSA) is 87.2 Å². The van der Waals surface area contributed by atoms with Crippen molar-refractivity contribution in [3.63, 3.8) is 0 Å². The van der Waals surface area contributed by atoms with Gasteiger partial charge in [0, 0.05) is 18.7 Å². The fraction of sp³-hybridized carbons (Fsp3) is 0.781. The Morgan fingerprint density at radius 1 is 0.850 bits per heavy atom. The Bertz CT molecular complexity index is 778. The van der Waals surface area contributed by atoms with Gasteiger partial charge < -0.3 is 18.9 Å². The number of hydrogen-bond donors (Lipinski definition) is 0. The van der Waals surface area contributed by atoms with Crippen LogP contribution in [0.4, 0.5) is 9.59 Å². The fourth-order valence-electron chi connectivity index (χ4n) is 4.96. The van der Waals surface area contributed by atoms with Gasteiger partial charge in [0.15, 0.2) is 0 Å². The van der Waals surface area contributed by atoms with Crippen molar-refractivity contribution in [2.45, 2.75) is 123 Å². The lowest BCUT2D eigenvalue weighted by Gasteiger charge is -2.20. The van der Waals surface area contributed by atoms with Crippen molar-refractivity contribution in [1.82, 2.24) is 9.88 Å². The number of unbranched alkanes of at least 4 members (excludes halogenated alkanes) is 13. The van der Waals surface area contributed by atoms with Crippen LogP contribution in [-0.4, -0.2) is 61.2 Å². The van der Waals surface area contributed by atoms with Crippen molar-refractivity contribution < 1.29 is 28.5 Å². The highest BCUT2D eigenvalue weighted by Crippen LogP contribution is 2.21. The second kappa shape index (κ2) is 22.5. The van der Waals surface area contributed by atoms with Gasteiger partial charge in [-0.15, -0.1) is 0 Å². The van der Waals surface area contributed by atoms with Crippen LogP contribution in [0.2, 0.25) is 0 Å². The third-order valence-electron chi connectivity index (χ3n) is 7.31. The van der Waals surface area contributed by atoms with Crippen molar-refractivity contribution in [3.05, 3.63) is 30.1 Å². The molecule has 0 aromatic carbocycles. The number of rotatable bonds is 22. The molecule has 1 fully saturated rings. The van der Waals surface area contributed by atoms with Crippen LogP contribution in [-0.2, 0) is 25.5 Å². The smallest absolute Gasteiger partial charge is 0.419 e. The standard InChI is InChI=1S/C32H54N2O6/c1-3-5-6-7-8-9-10-11-12-13-14-15-16-19-22-37-25-28-23-30(39-26-28)27-40-32(36)34(31(35)38-4-2)24-29-20-17-18-21-33-29/h17-18,20-21,28,30H,3-16,19,22-27H2,1-2H3/t28-,30-/m0/s1. The molecule has 0 saturated carbocycles. The van der Waals surface area contributed by atoms with Crippen molar-refractivity contribution in [2.24, 2.45) is 5.92 Å². The van der Waals surface area contributed by atoms with Gasteiger partial charge in [0.05, 0.1) is 38.2 Å². The number of aromatic nitrogens is 1. The number of amides is 2. The first-order valence-corrected chi connectivity index (χ1v) is 15.8. The second-order valence-electron chi connectivity index (χ2n) is 10.9. The number of carbonyl (C=O) groups is 2. The summed E-state index contributed by atoms with van der Waals surface area (Å²) in [4.78, 5) is 30.0. The van der Waals surface area contributed by atoms with Crippen LogP contribution in [0.5, 0.6) is 0 Å². The van der Waals surface area contributed by atoms with E-state index >= 15 is 0 Å². The zero-order chi connectivity index (χ0) is 28.7. The first-order valence-electron chi connectivity index (χ1n) is 15.8. The molecule has 0 bridgehead atoms. The van der Waals surface area contributed by atoms with E-state index in [0.29, 0.717) is 24.8 Å². The predicted octanol–water partition coefficient (Wildman–Crippen LogP) is 8.08. The lowest BCUT2D eigenvalue weighted by atomic mass is 10.0. The maximum Gasteiger partial charge on any atom is 0.419 e. The van der Waals surface area contributed by atoms with Crippen molar-refractivity contribution in [2.75, 3.05) is 33.0 Å². The summed E-state index contributed by atoms with van der Waals surface area (Å²) in [6, 6.07) is 5.31. The van der Waals surface area contributed by atoms with Gasteiger partial charge >= 0.3 is 12.2 Å². The number of hydrogen-bond acceptors (Lipinski definition) is 7. The lowest BCUT2D eigenvalue weighted by molar-refractivity contribution is 0.0245. The Morgan fingerprint density at radius 2 is 1.48 bits per heavy atom. The lowest BCUT2D eigenvalue weighted by Crippen LogP contribution is -2.38. The molecule has 2 rings (SSSR count). The third kappa shape index (κ3) is 15.6. The summed E-state index contributed by atoms with van der Waals surface area (Å²) >= 11 is 0. The molecule has 0 spiro atoms. The molecular weight excluding hydrogens is 508 g/mol. The molecule has 1 aliphatic heterocycles. The molecule has 2 heterocycles. The molecule has 1 aliphatic rings. The summed E-state index contributed by atoms with van der Waals surface area (Å²) in [6.07, 6.45) is 19.6. The van der Waals surface area contributed by atoms with Gasteiger partial charge in [-0.1, -0.05) is 96.5 Å². The van der Waals surface area contributed by atoms with Crippen molar-refractivity contribution in [1.29, 1.82) is 0 Å². The van der Waals surface area contributed by atoms with E-state index in [2.05, 4.69) is 11.9 Å². The average molecular weight is 563 g/mol. The second-order valence-corrected chi connectivity index (χ2v) is 10.9. The first kappa shape index (κ1) is 34.0. The molecule has 0 unspecified atom stereocenters. The first-order chi connectivity index (χ1) is 19.6. The molecular formula is C32H54N2O6. The van der Waals surface area contributed by atoms with E-state index in [9.17, 15) is 9.59 Å².